The summed E-state index contributed by atoms with van der Waals surface area (Å²) in [4.78, 5) is 4.03. The fourth-order valence-corrected chi connectivity index (χ4v) is 3.21. The van der Waals surface area contributed by atoms with Crippen molar-refractivity contribution in [1.82, 2.24) is 19.3 Å². The van der Waals surface area contributed by atoms with Gasteiger partial charge in [-0.25, -0.2) is 18.1 Å². The van der Waals surface area contributed by atoms with Crippen molar-refractivity contribution >= 4 is 21.5 Å². The molecule has 0 aliphatic heterocycles. The number of hydrogen-bond donors (Lipinski definition) is 2. The molecule has 0 aliphatic carbocycles. The highest BCUT2D eigenvalue weighted by Gasteiger charge is 2.23. The predicted octanol–water partition coefficient (Wildman–Crippen LogP) is 0.691. The van der Waals surface area contributed by atoms with Crippen molar-refractivity contribution in [2.45, 2.75) is 18.5 Å². The Hall–Kier alpha value is -2.39. The number of rotatable bonds is 4. The summed E-state index contributed by atoms with van der Waals surface area (Å²) in [6.07, 6.45) is 1.59. The van der Waals surface area contributed by atoms with Gasteiger partial charge in [-0.15, -0.1) is 0 Å². The van der Waals surface area contributed by atoms with Crippen molar-refractivity contribution in [3.63, 3.8) is 0 Å². The molecule has 8 nitrogen and oxygen atoms in total. The van der Waals surface area contributed by atoms with Crippen molar-refractivity contribution in [1.29, 1.82) is 0 Å². The lowest BCUT2D eigenvalue weighted by Crippen LogP contribution is -2.25. The second-order valence-corrected chi connectivity index (χ2v) is 6.17. The number of aromatic nitrogens is 3. The molecule has 21 heavy (non-hydrogen) atoms. The van der Waals surface area contributed by atoms with Crippen molar-refractivity contribution < 1.29 is 12.9 Å². The Labute approximate surface area is 120 Å². The Balaban J connectivity index is 1.95. The van der Waals surface area contributed by atoms with E-state index in [0.29, 0.717) is 17.1 Å². The Kier molecular flexibility index (Phi) is 3.15. The smallest absolute Gasteiger partial charge is 0.260 e. The molecule has 0 fully saturated rings. The molecule has 3 heterocycles. The largest absolute Gasteiger partial charge is 0.381 e. The second kappa shape index (κ2) is 4.86. The van der Waals surface area contributed by atoms with Crippen molar-refractivity contribution in [3.05, 3.63) is 41.9 Å². The zero-order valence-electron chi connectivity index (χ0n) is 11.1. The van der Waals surface area contributed by atoms with Crippen LogP contribution in [0.4, 0.5) is 5.82 Å². The summed E-state index contributed by atoms with van der Waals surface area (Å²) in [5.41, 5.74) is 6.68. The Bertz CT molecular complexity index is 897. The van der Waals surface area contributed by atoms with Crippen LogP contribution in [-0.4, -0.2) is 23.0 Å². The number of sulfonamides is 1. The van der Waals surface area contributed by atoms with Gasteiger partial charge in [0.15, 0.2) is 10.8 Å². The molecule has 0 atom stereocenters. The minimum Gasteiger partial charge on any atom is -0.381 e. The van der Waals surface area contributed by atoms with Crippen molar-refractivity contribution in [2.24, 2.45) is 0 Å². The van der Waals surface area contributed by atoms with Crippen LogP contribution in [0.15, 0.2) is 40.0 Å². The lowest BCUT2D eigenvalue weighted by atomic mass is 10.4. The number of nitrogens with zero attached hydrogens (tertiary/aromatic N) is 3. The zero-order valence-corrected chi connectivity index (χ0v) is 12.0. The zero-order chi connectivity index (χ0) is 15.0. The van der Waals surface area contributed by atoms with Crippen LogP contribution >= 0.6 is 0 Å². The summed E-state index contributed by atoms with van der Waals surface area (Å²) < 4.78 is 33.5. The molecule has 0 radical (unpaired) electrons. The minimum atomic E-state index is -3.82. The number of anilines is 1. The number of aryl methyl sites for hydroxylation is 1. The van der Waals surface area contributed by atoms with Crippen LogP contribution in [0.5, 0.6) is 0 Å². The van der Waals surface area contributed by atoms with Gasteiger partial charge in [0.1, 0.15) is 11.4 Å². The average molecular weight is 307 g/mol. The number of nitrogens with one attached hydrogen (secondary N) is 1. The van der Waals surface area contributed by atoms with Crippen molar-refractivity contribution in [3.8, 4) is 0 Å². The lowest BCUT2D eigenvalue weighted by Gasteiger charge is -2.05. The van der Waals surface area contributed by atoms with Gasteiger partial charge in [-0.3, -0.25) is 4.40 Å². The minimum absolute atomic E-state index is 0.0131. The van der Waals surface area contributed by atoms with E-state index >= 15 is 0 Å². The number of hydrogen-bond acceptors (Lipinski definition) is 6. The van der Waals surface area contributed by atoms with Gasteiger partial charge in [0.05, 0.1) is 12.2 Å². The molecule has 0 bridgehead atoms. The van der Waals surface area contributed by atoms with Gasteiger partial charge in [0.25, 0.3) is 10.0 Å². The summed E-state index contributed by atoms with van der Waals surface area (Å²) in [5.74, 6) is 0.559. The third kappa shape index (κ3) is 2.48. The van der Waals surface area contributed by atoms with Crippen LogP contribution in [0.25, 0.3) is 5.65 Å². The molecule has 9 heteroatoms. The van der Waals surface area contributed by atoms with E-state index in [2.05, 4.69) is 14.9 Å². The van der Waals surface area contributed by atoms with E-state index < -0.39 is 10.0 Å². The number of nitrogens with two attached hydrogens (primary N) is 1. The van der Waals surface area contributed by atoms with Crippen LogP contribution in [-0.2, 0) is 16.6 Å². The highest BCUT2D eigenvalue weighted by Crippen LogP contribution is 2.19. The Morgan fingerprint density at radius 1 is 1.43 bits per heavy atom. The van der Waals surface area contributed by atoms with Gasteiger partial charge in [-0.05, 0) is 19.1 Å². The highest BCUT2D eigenvalue weighted by molar-refractivity contribution is 7.89. The highest BCUT2D eigenvalue weighted by atomic mass is 32.2. The van der Waals surface area contributed by atoms with Gasteiger partial charge >= 0.3 is 0 Å². The first-order valence-electron chi connectivity index (χ1n) is 6.12. The molecule has 0 unspecified atom stereocenters. The third-order valence-electron chi connectivity index (χ3n) is 2.89. The predicted molar refractivity (Wildman–Crippen MR) is 74.9 cm³/mol. The normalized spacial score (nSPS) is 12.0. The number of fused-ring (bicyclic) bond motifs is 1. The van der Waals surface area contributed by atoms with Crippen LogP contribution in [0.1, 0.15) is 11.5 Å². The molecule has 0 saturated heterocycles. The topological polar surface area (TPSA) is 116 Å². The van der Waals surface area contributed by atoms with E-state index in [0.717, 1.165) is 0 Å². The summed E-state index contributed by atoms with van der Waals surface area (Å²) in [7, 11) is -3.82. The first-order valence-corrected chi connectivity index (χ1v) is 7.60. The summed E-state index contributed by atoms with van der Waals surface area (Å²) in [6.45, 7) is 1.74. The van der Waals surface area contributed by atoms with Crippen LogP contribution in [0, 0.1) is 6.92 Å². The van der Waals surface area contributed by atoms with Crippen LogP contribution < -0.4 is 10.5 Å². The number of pyridine rings is 1. The van der Waals surface area contributed by atoms with E-state index in [1.165, 1.54) is 4.40 Å². The quantitative estimate of drug-likeness (QED) is 0.732. The van der Waals surface area contributed by atoms with Gasteiger partial charge < -0.3 is 10.3 Å². The SMILES string of the molecule is Cc1cc(CNS(=O)(=O)c2c(N)nc3ccccn23)no1. The molecule has 3 aromatic heterocycles. The van der Waals surface area contributed by atoms with Gasteiger partial charge in [0, 0.05) is 12.3 Å². The maximum atomic E-state index is 12.4. The molecule has 3 aromatic rings. The van der Waals surface area contributed by atoms with Gasteiger partial charge in [-0.1, -0.05) is 11.2 Å². The fourth-order valence-electron chi connectivity index (χ4n) is 2.00. The standard InChI is InChI=1S/C12H13N5O3S/c1-8-6-9(16-20-8)7-14-21(18,19)12-11(13)15-10-4-2-3-5-17(10)12/h2-6,14H,7,13H2,1H3. The van der Waals surface area contributed by atoms with E-state index in [4.69, 9.17) is 10.3 Å². The monoisotopic (exact) mass is 307 g/mol. The van der Waals surface area contributed by atoms with E-state index in [-0.39, 0.29) is 17.4 Å². The first kappa shape index (κ1) is 13.6. The lowest BCUT2D eigenvalue weighted by molar-refractivity contribution is 0.390. The summed E-state index contributed by atoms with van der Waals surface area (Å²) >= 11 is 0. The van der Waals surface area contributed by atoms with Crippen LogP contribution in [0.2, 0.25) is 0 Å². The summed E-state index contributed by atoms with van der Waals surface area (Å²) in [5, 5.41) is 3.64. The number of imidazole rings is 1. The third-order valence-corrected chi connectivity index (χ3v) is 4.33. The molecule has 0 spiro atoms. The molecule has 0 aliphatic rings. The molecular weight excluding hydrogens is 294 g/mol. The average Bonchev–Trinajstić information content (AvgIpc) is 2.99. The second-order valence-electron chi connectivity index (χ2n) is 4.48. The van der Waals surface area contributed by atoms with Gasteiger partial charge in [-0.2, -0.15) is 0 Å². The number of nitrogen functional groups attached to an aromatic ring is 1. The molecule has 0 amide bonds. The van der Waals surface area contributed by atoms with E-state index in [1.54, 1.807) is 37.4 Å². The van der Waals surface area contributed by atoms with Crippen LogP contribution in [0.3, 0.4) is 0 Å². The maximum absolute atomic E-state index is 12.4. The van der Waals surface area contributed by atoms with Crippen molar-refractivity contribution in [2.75, 3.05) is 5.73 Å². The Morgan fingerprint density at radius 3 is 2.95 bits per heavy atom. The molecule has 3 N–H and O–H groups in total. The Morgan fingerprint density at radius 2 is 2.24 bits per heavy atom. The molecule has 110 valence electrons. The van der Waals surface area contributed by atoms with E-state index in [9.17, 15) is 8.42 Å². The molecule has 0 aromatic carbocycles. The molecular formula is C12H13N5O3S. The maximum Gasteiger partial charge on any atom is 0.260 e. The first-order chi connectivity index (χ1) is 9.97. The van der Waals surface area contributed by atoms with E-state index in [1.807, 2.05) is 0 Å². The molecule has 3 rings (SSSR count). The fraction of sp³-hybridized carbons (Fsp3) is 0.167. The van der Waals surface area contributed by atoms with Gasteiger partial charge in [0.2, 0.25) is 0 Å². The summed E-state index contributed by atoms with van der Waals surface area (Å²) in [6, 6.07) is 6.79. The molecule has 0 saturated carbocycles.